The van der Waals surface area contributed by atoms with E-state index in [0.717, 1.165) is 88.1 Å². The van der Waals surface area contributed by atoms with Crippen LogP contribution in [-0.4, -0.2) is 65.8 Å². The molecule has 0 amide bonds. The molecule has 0 spiro atoms. The summed E-state index contributed by atoms with van der Waals surface area (Å²) in [6, 6.07) is 25.1. The van der Waals surface area contributed by atoms with Crippen LogP contribution < -0.4 is 0 Å². The molecule has 4 heterocycles. The number of benzene rings is 2. The van der Waals surface area contributed by atoms with Gasteiger partial charge in [0.15, 0.2) is 5.78 Å². The van der Waals surface area contributed by atoms with Crippen molar-refractivity contribution in [1.29, 1.82) is 0 Å². The molecular weight excluding hydrogens is 588 g/mol. The maximum Gasteiger partial charge on any atom is 0.184 e. The molecule has 2 aliphatic heterocycles. The Kier molecular flexibility index (Phi) is 10.7. The van der Waals surface area contributed by atoms with Gasteiger partial charge in [-0.05, 0) is 131 Å². The van der Waals surface area contributed by atoms with Crippen LogP contribution in [0.1, 0.15) is 69.7 Å². The minimum absolute atomic E-state index is 0.112. The third-order valence-electron chi connectivity index (χ3n) is 9.81. The molecule has 46 heavy (non-hydrogen) atoms. The van der Waals surface area contributed by atoms with Crippen molar-refractivity contribution in [3.05, 3.63) is 135 Å². The Labute approximate surface area is 279 Å². The Morgan fingerprint density at radius 3 is 2.26 bits per heavy atom. The monoisotopic (exact) mass is 632 g/mol. The average Bonchev–Trinajstić information content (AvgIpc) is 3.25. The molecule has 0 radical (unpaired) electrons. The molecule has 2 saturated heterocycles. The summed E-state index contributed by atoms with van der Waals surface area (Å²) in [6.45, 7) is 4.29. The number of rotatable bonds is 5. The number of carbonyl (C=O) groups excluding carboxylic acids is 1. The number of likely N-dealkylation sites (tertiary alicyclic amines) is 2. The van der Waals surface area contributed by atoms with E-state index in [-0.39, 0.29) is 11.7 Å². The van der Waals surface area contributed by atoms with Gasteiger partial charge >= 0.3 is 0 Å². The average molecular weight is 633 g/mol. The van der Waals surface area contributed by atoms with Crippen LogP contribution in [0.15, 0.2) is 90.8 Å². The van der Waals surface area contributed by atoms with E-state index in [9.17, 15) is 4.79 Å². The molecule has 4 aromatic rings. The fourth-order valence-electron chi connectivity index (χ4n) is 7.04. The molecule has 1 aliphatic carbocycles. The number of halogens is 1. The number of hydrogen-bond donors (Lipinski definition) is 0. The Balaban J connectivity index is 0.000000162. The summed E-state index contributed by atoms with van der Waals surface area (Å²) in [5.41, 5.74) is 11.4. The summed E-state index contributed by atoms with van der Waals surface area (Å²) in [5, 5.41) is 0.751. The molecule has 3 aliphatic rings. The van der Waals surface area contributed by atoms with E-state index >= 15 is 0 Å². The van der Waals surface area contributed by atoms with Crippen LogP contribution in [0.2, 0.25) is 5.02 Å². The Morgan fingerprint density at radius 2 is 1.46 bits per heavy atom. The summed E-state index contributed by atoms with van der Waals surface area (Å²) < 4.78 is 0. The van der Waals surface area contributed by atoms with E-state index in [1.54, 1.807) is 11.8 Å². The van der Waals surface area contributed by atoms with Crippen molar-refractivity contribution < 1.29 is 4.79 Å². The molecule has 0 N–H and O–H groups in total. The standard InChI is InChI=1S/C20H23ClN2O.C20H22N2/c1-23-12-9-17(10-13-23)20(24)19-16(5-3-11-22-19)8-7-15-4-2-6-18(21)14-15;1-22-13-10-16(11-14-22)19-18-7-3-2-5-15(18)8-9-17-6-4-12-21-20(17)19/h2-6,11,14,17H,7-10,12-13H2,1H3;2-7,12H,8-11,13-14H2,1H3. The topological polar surface area (TPSA) is 49.3 Å². The molecule has 7 rings (SSSR count). The molecular formula is C40H45ClN4O. The highest BCUT2D eigenvalue weighted by atomic mass is 35.5. The molecule has 0 atom stereocenters. The second-order valence-electron chi connectivity index (χ2n) is 13.0. The number of pyridine rings is 2. The van der Waals surface area contributed by atoms with Gasteiger partial charge in [-0.2, -0.15) is 0 Å². The van der Waals surface area contributed by atoms with Gasteiger partial charge in [-0.3, -0.25) is 14.8 Å². The van der Waals surface area contributed by atoms with Gasteiger partial charge in [0.25, 0.3) is 0 Å². The zero-order valence-corrected chi connectivity index (χ0v) is 28.0. The molecule has 2 fully saturated rings. The predicted octanol–water partition coefficient (Wildman–Crippen LogP) is 7.75. The number of nitrogens with zero attached hydrogens (tertiary/aromatic N) is 4. The third-order valence-corrected chi connectivity index (χ3v) is 10.0. The highest BCUT2D eigenvalue weighted by molar-refractivity contribution is 6.30. The normalized spacial score (nSPS) is 17.4. The first-order valence-corrected chi connectivity index (χ1v) is 17.2. The van der Waals surface area contributed by atoms with Gasteiger partial charge in [0.2, 0.25) is 0 Å². The third kappa shape index (κ3) is 7.83. The Hall–Kier alpha value is -3.64. The van der Waals surface area contributed by atoms with Crippen LogP contribution in [0.4, 0.5) is 0 Å². The summed E-state index contributed by atoms with van der Waals surface area (Å²) >= 11 is 6.05. The number of aromatic nitrogens is 2. The highest BCUT2D eigenvalue weighted by Crippen LogP contribution is 2.37. The van der Waals surface area contributed by atoms with Crippen molar-refractivity contribution in [2.24, 2.45) is 5.92 Å². The quantitative estimate of drug-likeness (QED) is 0.211. The lowest BCUT2D eigenvalue weighted by atomic mass is 9.88. The predicted molar refractivity (Wildman–Crippen MR) is 188 cm³/mol. The first-order valence-electron chi connectivity index (χ1n) is 16.8. The van der Waals surface area contributed by atoms with Crippen LogP contribution in [0.3, 0.4) is 0 Å². The first-order chi connectivity index (χ1) is 22.5. The molecule has 238 valence electrons. The lowest BCUT2D eigenvalue weighted by Crippen LogP contribution is -2.34. The minimum atomic E-state index is 0.112. The number of Topliss-reactive ketones (excluding diaryl/α,β-unsaturated/α-hetero) is 1. The van der Waals surface area contributed by atoms with E-state index in [1.165, 1.54) is 33.5 Å². The van der Waals surface area contributed by atoms with Gasteiger partial charge in [0, 0.05) is 42.0 Å². The fraction of sp³-hybridized carbons (Fsp3) is 0.375. The van der Waals surface area contributed by atoms with Crippen LogP contribution in [0.25, 0.3) is 5.57 Å². The lowest BCUT2D eigenvalue weighted by molar-refractivity contribution is 0.0850. The first kappa shape index (κ1) is 32.3. The summed E-state index contributed by atoms with van der Waals surface area (Å²) in [4.78, 5) is 26.8. The van der Waals surface area contributed by atoms with Crippen LogP contribution >= 0.6 is 11.6 Å². The summed E-state index contributed by atoms with van der Waals surface area (Å²) in [6.07, 6.45) is 11.7. The van der Waals surface area contributed by atoms with Crippen molar-refractivity contribution in [2.75, 3.05) is 40.3 Å². The van der Waals surface area contributed by atoms with Crippen molar-refractivity contribution >= 4 is 23.0 Å². The lowest BCUT2D eigenvalue weighted by Gasteiger charge is -2.28. The molecule has 0 unspecified atom stereocenters. The molecule has 5 nitrogen and oxygen atoms in total. The van der Waals surface area contributed by atoms with Gasteiger partial charge in [-0.25, -0.2) is 0 Å². The Bertz CT molecular complexity index is 1630. The number of ketones is 1. The molecule has 2 aromatic heterocycles. The van der Waals surface area contributed by atoms with Crippen molar-refractivity contribution in [3.63, 3.8) is 0 Å². The van der Waals surface area contributed by atoms with Gasteiger partial charge in [0.05, 0.1) is 5.69 Å². The van der Waals surface area contributed by atoms with Crippen LogP contribution in [0.5, 0.6) is 0 Å². The van der Waals surface area contributed by atoms with Crippen molar-refractivity contribution in [1.82, 2.24) is 19.8 Å². The molecule has 2 aromatic carbocycles. The number of aryl methyl sites for hydroxylation is 4. The van der Waals surface area contributed by atoms with Crippen LogP contribution in [-0.2, 0) is 25.7 Å². The smallest absolute Gasteiger partial charge is 0.184 e. The molecule has 0 bridgehead atoms. The maximum atomic E-state index is 12.9. The van der Waals surface area contributed by atoms with E-state index in [4.69, 9.17) is 16.6 Å². The van der Waals surface area contributed by atoms with Gasteiger partial charge in [-0.15, -0.1) is 0 Å². The van der Waals surface area contributed by atoms with Crippen molar-refractivity contribution in [3.8, 4) is 0 Å². The number of carbonyl (C=O) groups is 1. The minimum Gasteiger partial charge on any atom is -0.306 e. The van der Waals surface area contributed by atoms with E-state index in [2.05, 4.69) is 71.3 Å². The number of fused-ring (bicyclic) bond motifs is 2. The van der Waals surface area contributed by atoms with E-state index in [0.29, 0.717) is 5.69 Å². The second-order valence-corrected chi connectivity index (χ2v) is 13.5. The number of piperidine rings is 2. The second kappa shape index (κ2) is 15.3. The molecule has 6 heteroatoms. The Morgan fingerprint density at radius 1 is 0.761 bits per heavy atom. The SMILES string of the molecule is CN1CCC(=C2c3ccccc3CCc3cccnc32)CC1.CN1CCC(C(=O)c2ncccc2CCc2cccc(Cl)c2)CC1. The largest absolute Gasteiger partial charge is 0.306 e. The van der Waals surface area contributed by atoms with Gasteiger partial charge in [0.1, 0.15) is 5.69 Å². The fourth-order valence-corrected chi connectivity index (χ4v) is 7.25. The van der Waals surface area contributed by atoms with Gasteiger partial charge < -0.3 is 9.80 Å². The van der Waals surface area contributed by atoms with Crippen molar-refractivity contribution in [2.45, 2.75) is 51.4 Å². The zero-order chi connectivity index (χ0) is 31.9. The highest BCUT2D eigenvalue weighted by Gasteiger charge is 2.27. The zero-order valence-electron chi connectivity index (χ0n) is 27.2. The maximum absolute atomic E-state index is 12.9. The summed E-state index contributed by atoms with van der Waals surface area (Å²) in [7, 11) is 4.33. The molecule has 0 saturated carbocycles. The van der Waals surface area contributed by atoms with E-state index < -0.39 is 0 Å². The summed E-state index contributed by atoms with van der Waals surface area (Å²) in [5.74, 6) is 0.325. The van der Waals surface area contributed by atoms with E-state index in [1.807, 2.05) is 36.5 Å². The number of hydrogen-bond acceptors (Lipinski definition) is 5. The van der Waals surface area contributed by atoms with Gasteiger partial charge in [-0.1, -0.05) is 65.7 Å². The van der Waals surface area contributed by atoms with Crippen LogP contribution in [0, 0.1) is 5.92 Å².